The van der Waals surface area contributed by atoms with Crippen molar-refractivity contribution in [1.29, 1.82) is 5.26 Å². The van der Waals surface area contributed by atoms with Crippen LogP contribution in [0.3, 0.4) is 0 Å². The zero-order valence-electron chi connectivity index (χ0n) is 20.4. The van der Waals surface area contributed by atoms with Crippen LogP contribution in [0.25, 0.3) is 11.1 Å². The van der Waals surface area contributed by atoms with E-state index < -0.39 is 0 Å². The summed E-state index contributed by atoms with van der Waals surface area (Å²) < 4.78 is 2.14. The summed E-state index contributed by atoms with van der Waals surface area (Å²) in [4.78, 5) is 29.6. The highest BCUT2D eigenvalue weighted by Crippen LogP contribution is 2.49. The summed E-state index contributed by atoms with van der Waals surface area (Å²) in [5, 5.41) is 15.5. The first-order valence-corrected chi connectivity index (χ1v) is 12.3. The van der Waals surface area contributed by atoms with Gasteiger partial charge in [-0.1, -0.05) is 13.8 Å². The van der Waals surface area contributed by atoms with Crippen LogP contribution in [-0.2, 0) is 22.6 Å². The van der Waals surface area contributed by atoms with Gasteiger partial charge in [0, 0.05) is 42.9 Å². The molecular formula is C27H33N5O2. The molecule has 3 heterocycles. The van der Waals surface area contributed by atoms with E-state index in [1.807, 2.05) is 19.1 Å². The average molecular weight is 460 g/mol. The van der Waals surface area contributed by atoms with Gasteiger partial charge in [0.05, 0.1) is 0 Å². The van der Waals surface area contributed by atoms with E-state index in [0.717, 1.165) is 55.3 Å². The number of nitrogens with one attached hydrogen (secondary N) is 2. The predicted molar refractivity (Wildman–Crippen MR) is 130 cm³/mol. The standard InChI is InChI=1S/C27H33N5O2/c1-15-13-30-24(10-21(15)22-9-20(12-28)32-14-27(2,3)11-23(22)32)31-26(34)19-7-16-5-18(25(33)29-4)6-17(16)8-19/h9-10,13,16-19H,5-8,11,14H2,1-4H3,(H,29,33)(H,30,31,34)/t16-,17+,18?,19?. The molecule has 7 nitrogen and oxygen atoms in total. The van der Waals surface area contributed by atoms with Gasteiger partial charge in [-0.3, -0.25) is 9.59 Å². The van der Waals surface area contributed by atoms with Crippen molar-refractivity contribution >= 4 is 17.6 Å². The van der Waals surface area contributed by atoms with E-state index >= 15 is 0 Å². The van der Waals surface area contributed by atoms with Gasteiger partial charge in [0.25, 0.3) is 0 Å². The van der Waals surface area contributed by atoms with Gasteiger partial charge in [0.1, 0.15) is 17.6 Å². The smallest absolute Gasteiger partial charge is 0.228 e. The minimum Gasteiger partial charge on any atom is -0.359 e. The Labute approximate surface area is 200 Å². The number of hydrogen-bond acceptors (Lipinski definition) is 4. The Morgan fingerprint density at radius 2 is 1.74 bits per heavy atom. The molecule has 2 amide bonds. The summed E-state index contributed by atoms with van der Waals surface area (Å²) in [6.45, 7) is 7.31. The van der Waals surface area contributed by atoms with Crippen molar-refractivity contribution < 1.29 is 9.59 Å². The summed E-state index contributed by atoms with van der Waals surface area (Å²) in [5.74, 6) is 1.69. The van der Waals surface area contributed by atoms with Gasteiger partial charge >= 0.3 is 0 Å². The van der Waals surface area contributed by atoms with E-state index in [2.05, 4.69) is 40.1 Å². The van der Waals surface area contributed by atoms with Crippen LogP contribution in [0.1, 0.15) is 56.5 Å². The lowest BCUT2D eigenvalue weighted by Crippen LogP contribution is -2.27. The van der Waals surface area contributed by atoms with Crippen LogP contribution < -0.4 is 10.6 Å². The topological polar surface area (TPSA) is 99.8 Å². The van der Waals surface area contributed by atoms with Crippen LogP contribution in [0.5, 0.6) is 0 Å². The Morgan fingerprint density at radius 1 is 1.09 bits per heavy atom. The Balaban J connectivity index is 1.32. The number of carbonyl (C=O) groups excluding carboxylic acids is 2. The van der Waals surface area contributed by atoms with Gasteiger partial charge in [-0.2, -0.15) is 5.26 Å². The molecule has 2 unspecified atom stereocenters. The van der Waals surface area contributed by atoms with Crippen molar-refractivity contribution in [2.24, 2.45) is 29.1 Å². The second-order valence-corrected chi connectivity index (χ2v) is 11.3. The molecule has 4 atom stereocenters. The Hall–Kier alpha value is -3.14. The van der Waals surface area contributed by atoms with Gasteiger partial charge in [-0.15, -0.1) is 0 Å². The lowest BCUT2D eigenvalue weighted by atomic mass is 9.89. The van der Waals surface area contributed by atoms with Crippen molar-refractivity contribution in [2.45, 2.75) is 59.4 Å². The van der Waals surface area contributed by atoms with E-state index in [-0.39, 0.29) is 29.1 Å². The molecule has 2 aromatic heterocycles. The molecule has 7 heteroatoms. The molecule has 3 aliphatic rings. The number of carbonyl (C=O) groups is 2. The quantitative estimate of drug-likeness (QED) is 0.720. The SMILES string of the molecule is CNC(=O)C1C[C@@H]2CC(C(=O)Nc3cc(-c4cc(C#N)n5c4CC(C)(C)C5)c(C)cn3)C[C@@H]2C1. The summed E-state index contributed by atoms with van der Waals surface area (Å²) in [7, 11) is 1.69. The molecule has 2 saturated carbocycles. The number of hydrogen-bond donors (Lipinski definition) is 2. The number of amides is 2. The van der Waals surface area contributed by atoms with Crippen LogP contribution in [0.4, 0.5) is 5.82 Å². The number of nitriles is 1. The van der Waals surface area contributed by atoms with Gasteiger partial charge < -0.3 is 15.2 Å². The number of rotatable bonds is 4. The summed E-state index contributed by atoms with van der Waals surface area (Å²) in [5.41, 5.74) is 5.09. The number of aryl methyl sites for hydroxylation is 1. The average Bonchev–Trinajstić information content (AvgIpc) is 3.52. The molecular weight excluding hydrogens is 426 g/mol. The van der Waals surface area contributed by atoms with Crippen LogP contribution in [0.15, 0.2) is 18.3 Å². The molecule has 5 rings (SSSR count). The minimum atomic E-state index is -0.0306. The summed E-state index contributed by atoms with van der Waals surface area (Å²) in [6, 6.07) is 6.27. The minimum absolute atomic E-state index is 0.0224. The zero-order chi connectivity index (χ0) is 24.2. The van der Waals surface area contributed by atoms with E-state index in [1.54, 1.807) is 13.2 Å². The maximum absolute atomic E-state index is 13.1. The molecule has 0 radical (unpaired) electrons. The number of anilines is 1. The fourth-order valence-corrected chi connectivity index (χ4v) is 6.58. The Kier molecular flexibility index (Phi) is 5.50. The molecule has 0 aromatic carbocycles. The van der Waals surface area contributed by atoms with Gasteiger partial charge in [0.2, 0.25) is 11.8 Å². The number of aromatic nitrogens is 2. The Morgan fingerprint density at radius 3 is 2.35 bits per heavy atom. The van der Waals surface area contributed by atoms with Gasteiger partial charge in [0.15, 0.2) is 0 Å². The molecule has 0 saturated heterocycles. The normalized spacial score (nSPS) is 26.6. The van der Waals surface area contributed by atoms with Gasteiger partial charge in [-0.05, 0) is 79.5 Å². The fraction of sp³-hybridized carbons (Fsp3) is 0.556. The van der Waals surface area contributed by atoms with Crippen molar-refractivity contribution in [3.05, 3.63) is 35.3 Å². The first-order valence-electron chi connectivity index (χ1n) is 12.3. The monoisotopic (exact) mass is 459 g/mol. The molecule has 2 N–H and O–H groups in total. The molecule has 0 bridgehead atoms. The highest BCUT2D eigenvalue weighted by molar-refractivity contribution is 5.93. The summed E-state index contributed by atoms with van der Waals surface area (Å²) in [6.07, 6.45) is 6.18. The third-order valence-electron chi connectivity index (χ3n) is 8.20. The number of pyridine rings is 1. The predicted octanol–water partition coefficient (Wildman–Crippen LogP) is 4.05. The molecule has 0 spiro atoms. The van der Waals surface area contributed by atoms with E-state index in [1.165, 1.54) is 5.69 Å². The fourth-order valence-electron chi connectivity index (χ4n) is 6.58. The summed E-state index contributed by atoms with van der Waals surface area (Å²) >= 11 is 0. The molecule has 2 aromatic rings. The van der Waals surface area contributed by atoms with Crippen LogP contribution in [0, 0.1) is 47.3 Å². The number of nitrogens with zero attached hydrogens (tertiary/aromatic N) is 3. The van der Waals surface area contributed by atoms with Crippen LogP contribution in [0.2, 0.25) is 0 Å². The van der Waals surface area contributed by atoms with Crippen molar-refractivity contribution in [2.75, 3.05) is 12.4 Å². The first-order chi connectivity index (χ1) is 16.2. The van der Waals surface area contributed by atoms with E-state index in [4.69, 9.17) is 0 Å². The highest BCUT2D eigenvalue weighted by Gasteiger charge is 2.45. The van der Waals surface area contributed by atoms with Crippen molar-refractivity contribution in [3.8, 4) is 17.2 Å². The molecule has 178 valence electrons. The van der Waals surface area contributed by atoms with Crippen LogP contribution >= 0.6 is 0 Å². The Bertz CT molecular complexity index is 1190. The third kappa shape index (κ3) is 3.89. The maximum Gasteiger partial charge on any atom is 0.228 e. The molecule has 1 aliphatic heterocycles. The lowest BCUT2D eigenvalue weighted by molar-refractivity contribution is -0.124. The lowest BCUT2D eigenvalue weighted by Gasteiger charge is -2.16. The molecule has 2 fully saturated rings. The van der Waals surface area contributed by atoms with Crippen LogP contribution in [-0.4, -0.2) is 28.4 Å². The first kappa shape index (κ1) is 22.6. The highest BCUT2D eigenvalue weighted by atomic mass is 16.2. The molecule has 2 aliphatic carbocycles. The third-order valence-corrected chi connectivity index (χ3v) is 8.20. The van der Waals surface area contributed by atoms with E-state index in [0.29, 0.717) is 23.3 Å². The largest absolute Gasteiger partial charge is 0.359 e. The van der Waals surface area contributed by atoms with Crippen molar-refractivity contribution in [3.63, 3.8) is 0 Å². The second kappa shape index (κ2) is 8.26. The van der Waals surface area contributed by atoms with E-state index in [9.17, 15) is 14.9 Å². The maximum atomic E-state index is 13.1. The number of fused-ring (bicyclic) bond motifs is 2. The molecule has 34 heavy (non-hydrogen) atoms. The second-order valence-electron chi connectivity index (χ2n) is 11.3. The van der Waals surface area contributed by atoms with Gasteiger partial charge in [-0.25, -0.2) is 4.98 Å². The van der Waals surface area contributed by atoms with Crippen molar-refractivity contribution in [1.82, 2.24) is 14.9 Å². The zero-order valence-corrected chi connectivity index (χ0v) is 20.4.